The van der Waals surface area contributed by atoms with Gasteiger partial charge in [-0.05, 0) is 23.1 Å². The number of rotatable bonds is 4. The monoisotopic (exact) mass is 272 g/mol. The lowest BCUT2D eigenvalue weighted by Crippen LogP contribution is -2.11. The van der Waals surface area contributed by atoms with Crippen molar-refractivity contribution >= 4 is 0 Å². The van der Waals surface area contributed by atoms with Gasteiger partial charge in [0.1, 0.15) is 5.75 Å². The molecule has 4 nitrogen and oxygen atoms in total. The van der Waals surface area contributed by atoms with Gasteiger partial charge >= 0.3 is 0 Å². The van der Waals surface area contributed by atoms with Gasteiger partial charge in [-0.2, -0.15) is 0 Å². The van der Waals surface area contributed by atoms with Crippen LogP contribution in [0.3, 0.4) is 0 Å². The third kappa shape index (κ3) is 3.33. The van der Waals surface area contributed by atoms with Crippen molar-refractivity contribution in [2.45, 2.75) is 26.2 Å². The Morgan fingerprint density at radius 1 is 1.15 bits per heavy atom. The maximum Gasteiger partial charge on any atom is 0.188 e. The van der Waals surface area contributed by atoms with Crippen LogP contribution < -0.4 is 4.74 Å². The van der Waals surface area contributed by atoms with E-state index in [4.69, 9.17) is 9.47 Å². The standard InChI is InChI=1S/C16H20N2O2/c1-16(2,3)12-5-6-15(20-11-19-4)13(9-12)14-10-17-7-8-18-14/h5-10H,11H2,1-4H3. The molecule has 0 radical (unpaired) electrons. The molecule has 0 unspecified atom stereocenters. The zero-order valence-electron chi connectivity index (χ0n) is 12.4. The van der Waals surface area contributed by atoms with Crippen molar-refractivity contribution in [1.82, 2.24) is 9.97 Å². The van der Waals surface area contributed by atoms with Crippen LogP contribution in [0.15, 0.2) is 36.8 Å². The van der Waals surface area contributed by atoms with Crippen LogP contribution in [0.5, 0.6) is 5.75 Å². The summed E-state index contributed by atoms with van der Waals surface area (Å²) in [6.07, 6.45) is 5.08. The summed E-state index contributed by atoms with van der Waals surface area (Å²) in [5.74, 6) is 0.750. The molecule has 0 aliphatic carbocycles. The Hall–Kier alpha value is -1.94. The van der Waals surface area contributed by atoms with E-state index in [2.05, 4.69) is 42.9 Å². The summed E-state index contributed by atoms with van der Waals surface area (Å²) in [7, 11) is 1.60. The fraction of sp³-hybridized carbons (Fsp3) is 0.375. The summed E-state index contributed by atoms with van der Waals surface area (Å²) in [4.78, 5) is 8.48. The Morgan fingerprint density at radius 2 is 1.95 bits per heavy atom. The van der Waals surface area contributed by atoms with Gasteiger partial charge in [0, 0.05) is 25.1 Å². The lowest BCUT2D eigenvalue weighted by atomic mass is 9.85. The van der Waals surface area contributed by atoms with Crippen LogP contribution in [-0.4, -0.2) is 23.9 Å². The zero-order chi connectivity index (χ0) is 14.6. The van der Waals surface area contributed by atoms with E-state index in [1.165, 1.54) is 5.56 Å². The van der Waals surface area contributed by atoms with Crippen molar-refractivity contribution < 1.29 is 9.47 Å². The summed E-state index contributed by atoms with van der Waals surface area (Å²) < 4.78 is 10.6. The van der Waals surface area contributed by atoms with Gasteiger partial charge in [-0.25, -0.2) is 0 Å². The smallest absolute Gasteiger partial charge is 0.188 e. The summed E-state index contributed by atoms with van der Waals surface area (Å²) in [5.41, 5.74) is 3.02. The molecular weight excluding hydrogens is 252 g/mol. The number of nitrogens with zero attached hydrogens (tertiary/aromatic N) is 2. The van der Waals surface area contributed by atoms with Gasteiger partial charge in [-0.3, -0.25) is 9.97 Å². The second-order valence-electron chi connectivity index (χ2n) is 5.60. The van der Waals surface area contributed by atoms with E-state index in [1.807, 2.05) is 6.07 Å². The van der Waals surface area contributed by atoms with Crippen molar-refractivity contribution in [1.29, 1.82) is 0 Å². The van der Waals surface area contributed by atoms with Crippen molar-refractivity contribution in [2.75, 3.05) is 13.9 Å². The van der Waals surface area contributed by atoms with Gasteiger partial charge < -0.3 is 9.47 Å². The highest BCUT2D eigenvalue weighted by molar-refractivity contribution is 5.67. The van der Waals surface area contributed by atoms with Gasteiger partial charge in [0.05, 0.1) is 11.9 Å². The van der Waals surface area contributed by atoms with E-state index in [-0.39, 0.29) is 12.2 Å². The lowest BCUT2D eigenvalue weighted by Gasteiger charge is -2.21. The SMILES string of the molecule is COCOc1ccc(C(C)(C)C)cc1-c1cnccn1. The van der Waals surface area contributed by atoms with Crippen LogP contribution in [0.2, 0.25) is 0 Å². The first kappa shape index (κ1) is 14.5. The van der Waals surface area contributed by atoms with E-state index >= 15 is 0 Å². The van der Waals surface area contributed by atoms with Gasteiger partial charge in [-0.15, -0.1) is 0 Å². The Morgan fingerprint density at radius 3 is 2.55 bits per heavy atom. The maximum atomic E-state index is 5.62. The molecule has 1 aromatic heterocycles. The Labute approximate surface area is 119 Å². The lowest BCUT2D eigenvalue weighted by molar-refractivity contribution is 0.0515. The topological polar surface area (TPSA) is 44.2 Å². The van der Waals surface area contributed by atoms with Gasteiger partial charge in [0.2, 0.25) is 0 Å². The minimum atomic E-state index is 0.0662. The Balaban J connectivity index is 2.48. The maximum absolute atomic E-state index is 5.62. The molecular formula is C16H20N2O2. The first-order valence-corrected chi connectivity index (χ1v) is 6.55. The van der Waals surface area contributed by atoms with Crippen molar-refractivity contribution in [2.24, 2.45) is 0 Å². The average Bonchev–Trinajstić information content (AvgIpc) is 2.45. The fourth-order valence-corrected chi connectivity index (χ4v) is 1.88. The highest BCUT2D eigenvalue weighted by atomic mass is 16.7. The van der Waals surface area contributed by atoms with Crippen LogP contribution >= 0.6 is 0 Å². The van der Waals surface area contributed by atoms with Crippen LogP contribution in [0, 0.1) is 0 Å². The Kier molecular flexibility index (Phi) is 4.35. The van der Waals surface area contributed by atoms with Crippen LogP contribution in [-0.2, 0) is 10.2 Å². The van der Waals surface area contributed by atoms with Crippen LogP contribution in [0.1, 0.15) is 26.3 Å². The molecule has 2 rings (SSSR count). The summed E-state index contributed by atoms with van der Waals surface area (Å²) >= 11 is 0. The Bertz CT molecular complexity index is 562. The average molecular weight is 272 g/mol. The molecule has 0 saturated carbocycles. The molecule has 0 bridgehead atoms. The molecule has 0 spiro atoms. The predicted octanol–water partition coefficient (Wildman–Crippen LogP) is 3.42. The first-order valence-electron chi connectivity index (χ1n) is 6.55. The van der Waals surface area contributed by atoms with Gasteiger partial charge in [-0.1, -0.05) is 26.8 Å². The van der Waals surface area contributed by atoms with Crippen molar-refractivity contribution in [3.05, 3.63) is 42.4 Å². The number of ether oxygens (including phenoxy) is 2. The third-order valence-electron chi connectivity index (χ3n) is 3.02. The van der Waals surface area contributed by atoms with E-state index in [9.17, 15) is 0 Å². The minimum absolute atomic E-state index is 0.0662. The molecule has 0 N–H and O–H groups in total. The molecule has 0 amide bonds. The van der Waals surface area contributed by atoms with Crippen molar-refractivity contribution in [3.8, 4) is 17.0 Å². The minimum Gasteiger partial charge on any atom is -0.467 e. The van der Waals surface area contributed by atoms with E-state index in [1.54, 1.807) is 25.7 Å². The molecule has 0 aliphatic rings. The fourth-order valence-electron chi connectivity index (χ4n) is 1.88. The number of aromatic nitrogens is 2. The van der Waals surface area contributed by atoms with Gasteiger partial charge in [0.15, 0.2) is 6.79 Å². The molecule has 1 aromatic carbocycles. The molecule has 0 saturated heterocycles. The molecule has 0 fully saturated rings. The molecule has 2 aromatic rings. The number of hydrogen-bond donors (Lipinski definition) is 0. The second kappa shape index (κ2) is 6.01. The summed E-state index contributed by atoms with van der Waals surface area (Å²) in [6.45, 7) is 6.75. The third-order valence-corrected chi connectivity index (χ3v) is 3.02. The molecule has 0 atom stereocenters. The van der Waals surface area contributed by atoms with E-state index < -0.39 is 0 Å². The molecule has 4 heteroatoms. The van der Waals surface area contributed by atoms with Gasteiger partial charge in [0.25, 0.3) is 0 Å². The number of benzene rings is 1. The predicted molar refractivity (Wildman–Crippen MR) is 78.7 cm³/mol. The summed E-state index contributed by atoms with van der Waals surface area (Å²) in [6, 6.07) is 6.14. The number of hydrogen-bond acceptors (Lipinski definition) is 4. The quantitative estimate of drug-likeness (QED) is 0.800. The first-order chi connectivity index (χ1) is 9.52. The van der Waals surface area contributed by atoms with Crippen LogP contribution in [0.25, 0.3) is 11.3 Å². The molecule has 106 valence electrons. The highest BCUT2D eigenvalue weighted by Crippen LogP contribution is 2.33. The number of methoxy groups -OCH3 is 1. The summed E-state index contributed by atoms with van der Waals surface area (Å²) in [5, 5.41) is 0. The van der Waals surface area contributed by atoms with E-state index in [0.717, 1.165) is 17.0 Å². The normalized spacial score (nSPS) is 11.4. The van der Waals surface area contributed by atoms with Crippen LogP contribution in [0.4, 0.5) is 0 Å². The molecule has 20 heavy (non-hydrogen) atoms. The highest BCUT2D eigenvalue weighted by Gasteiger charge is 2.17. The molecule has 0 aliphatic heterocycles. The van der Waals surface area contributed by atoms with Crippen molar-refractivity contribution in [3.63, 3.8) is 0 Å². The zero-order valence-corrected chi connectivity index (χ0v) is 12.4. The molecule has 1 heterocycles. The van der Waals surface area contributed by atoms with E-state index in [0.29, 0.717) is 0 Å². The largest absolute Gasteiger partial charge is 0.467 e. The second-order valence-corrected chi connectivity index (χ2v) is 5.60.